The van der Waals surface area contributed by atoms with Gasteiger partial charge in [0.25, 0.3) is 0 Å². The molecule has 322 valence electrons. The molecule has 5 aromatic heterocycles. The van der Waals surface area contributed by atoms with Gasteiger partial charge in [-0.05, 0) is 119 Å². The van der Waals surface area contributed by atoms with Crippen molar-refractivity contribution < 1.29 is 0 Å². The van der Waals surface area contributed by atoms with Crippen LogP contribution in [-0.2, 0) is 0 Å². The molecule has 0 aliphatic heterocycles. The minimum atomic E-state index is 0.536. The fourth-order valence-electron chi connectivity index (χ4n) is 10.4. The van der Waals surface area contributed by atoms with Crippen LogP contribution in [0.1, 0.15) is 0 Å². The molecule has 0 aliphatic carbocycles. The van der Waals surface area contributed by atoms with Crippen molar-refractivity contribution in [3.63, 3.8) is 0 Å². The SMILES string of the molecule is c1ccc(-c2ccc3c(c2)c2ccccc2n3-c2ccc(-c3nc(-c4ccc(-n5c6ccccc6c6cc(-c7ccccc7)ccc65)cc4)nc(-n4c5ccccc5c5cnccc54)n3)cc2)cc1. The van der Waals surface area contributed by atoms with E-state index in [0.29, 0.717) is 17.6 Å². The zero-order valence-electron chi connectivity index (χ0n) is 37.1. The van der Waals surface area contributed by atoms with E-state index in [1.165, 1.54) is 43.8 Å². The Morgan fingerprint density at radius 2 is 0.652 bits per heavy atom. The summed E-state index contributed by atoms with van der Waals surface area (Å²) in [5.41, 5.74) is 15.2. The second-order valence-electron chi connectivity index (χ2n) is 17.5. The zero-order valence-corrected chi connectivity index (χ0v) is 37.1. The number of aromatic nitrogens is 7. The summed E-state index contributed by atoms with van der Waals surface area (Å²) in [5.74, 6) is 1.70. The van der Waals surface area contributed by atoms with Crippen LogP contribution in [0.15, 0.2) is 237 Å². The molecule has 7 nitrogen and oxygen atoms in total. The van der Waals surface area contributed by atoms with Crippen LogP contribution in [0.4, 0.5) is 0 Å². The molecule has 0 radical (unpaired) electrons. The quantitative estimate of drug-likeness (QED) is 0.160. The van der Waals surface area contributed by atoms with E-state index in [1.807, 2.05) is 18.5 Å². The first-order chi connectivity index (χ1) is 34.2. The summed E-state index contributed by atoms with van der Waals surface area (Å²) in [5, 5.41) is 6.97. The highest BCUT2D eigenvalue weighted by Gasteiger charge is 2.20. The molecule has 5 heterocycles. The van der Waals surface area contributed by atoms with Gasteiger partial charge in [-0.15, -0.1) is 0 Å². The van der Waals surface area contributed by atoms with Crippen LogP contribution in [0.25, 0.3) is 128 Å². The number of para-hydroxylation sites is 3. The highest BCUT2D eigenvalue weighted by Crippen LogP contribution is 2.38. The van der Waals surface area contributed by atoms with Gasteiger partial charge in [0.2, 0.25) is 5.95 Å². The maximum atomic E-state index is 5.27. The molecular weight excluding hydrogens is 843 g/mol. The van der Waals surface area contributed by atoms with Crippen LogP contribution in [0.2, 0.25) is 0 Å². The first-order valence-electron chi connectivity index (χ1n) is 23.2. The van der Waals surface area contributed by atoms with Crippen molar-refractivity contribution in [2.24, 2.45) is 0 Å². The lowest BCUT2D eigenvalue weighted by molar-refractivity contribution is 0.952. The molecule has 0 saturated heterocycles. The monoisotopic (exact) mass is 881 g/mol. The molecule has 9 aromatic carbocycles. The number of pyridine rings is 1. The van der Waals surface area contributed by atoms with Crippen LogP contribution in [0, 0.1) is 0 Å². The van der Waals surface area contributed by atoms with E-state index in [1.54, 1.807) is 0 Å². The van der Waals surface area contributed by atoms with Crippen molar-refractivity contribution >= 4 is 65.4 Å². The van der Waals surface area contributed by atoms with E-state index >= 15 is 0 Å². The Labute approximate surface area is 396 Å². The van der Waals surface area contributed by atoms with E-state index in [-0.39, 0.29) is 0 Å². The van der Waals surface area contributed by atoms with Gasteiger partial charge in [0.05, 0.1) is 33.1 Å². The normalized spacial score (nSPS) is 11.8. The maximum absolute atomic E-state index is 5.27. The van der Waals surface area contributed by atoms with Gasteiger partial charge in [-0.1, -0.05) is 127 Å². The van der Waals surface area contributed by atoms with Crippen LogP contribution in [-0.4, -0.2) is 33.6 Å². The molecule has 0 aliphatic rings. The first kappa shape index (κ1) is 38.8. The second kappa shape index (κ2) is 15.6. The van der Waals surface area contributed by atoms with E-state index in [2.05, 4.69) is 237 Å². The lowest BCUT2D eigenvalue weighted by Crippen LogP contribution is -2.06. The van der Waals surface area contributed by atoms with Gasteiger partial charge in [-0.3, -0.25) is 9.55 Å². The number of benzene rings is 9. The predicted molar refractivity (Wildman–Crippen MR) is 282 cm³/mol. The Hall–Kier alpha value is -9.46. The van der Waals surface area contributed by atoms with Crippen molar-refractivity contribution in [1.29, 1.82) is 0 Å². The molecule has 14 rings (SSSR count). The van der Waals surface area contributed by atoms with Crippen molar-refractivity contribution in [3.05, 3.63) is 237 Å². The lowest BCUT2D eigenvalue weighted by atomic mass is 10.0. The van der Waals surface area contributed by atoms with E-state index in [4.69, 9.17) is 15.0 Å². The number of nitrogens with zero attached hydrogens (tertiary/aromatic N) is 7. The van der Waals surface area contributed by atoms with E-state index in [0.717, 1.165) is 66.4 Å². The van der Waals surface area contributed by atoms with Crippen molar-refractivity contribution in [1.82, 2.24) is 33.6 Å². The molecule has 0 fully saturated rings. The maximum Gasteiger partial charge on any atom is 0.238 e. The fraction of sp³-hybridized carbons (Fsp3) is 0. The molecule has 0 unspecified atom stereocenters. The molecule has 0 spiro atoms. The highest BCUT2D eigenvalue weighted by molar-refractivity contribution is 6.12. The standard InChI is InChI=1S/C62H39N7/c1-3-13-40(14-4-1)44-27-33-57-51(37-44)48-17-7-10-20-54(48)67(57)46-29-23-42(24-30-46)60-64-61(66-62(65-60)69-56-22-12-9-19-50(56)53-39-63-36-35-59(53)69)43-25-31-47(32-26-43)68-55-21-11-8-18-49(55)52-38-45(28-34-58(52)68)41-15-5-2-6-16-41/h1-39H. The minimum Gasteiger partial charge on any atom is -0.309 e. The summed E-state index contributed by atoms with van der Waals surface area (Å²) >= 11 is 0. The Kier molecular flexibility index (Phi) is 8.75. The summed E-state index contributed by atoms with van der Waals surface area (Å²) in [6, 6.07) is 79.6. The average Bonchev–Trinajstić information content (AvgIpc) is 4.07. The highest BCUT2D eigenvalue weighted by atomic mass is 15.2. The van der Waals surface area contributed by atoms with Gasteiger partial charge in [-0.25, -0.2) is 4.98 Å². The number of hydrogen-bond donors (Lipinski definition) is 0. The van der Waals surface area contributed by atoms with Gasteiger partial charge in [0.15, 0.2) is 11.6 Å². The van der Waals surface area contributed by atoms with Gasteiger partial charge in [0.1, 0.15) is 0 Å². The van der Waals surface area contributed by atoms with Crippen LogP contribution >= 0.6 is 0 Å². The first-order valence-corrected chi connectivity index (χ1v) is 23.2. The summed E-state index contributed by atoms with van der Waals surface area (Å²) < 4.78 is 6.83. The summed E-state index contributed by atoms with van der Waals surface area (Å²) in [4.78, 5) is 20.3. The third kappa shape index (κ3) is 6.29. The molecule has 0 atom stereocenters. The Morgan fingerprint density at radius 3 is 1.14 bits per heavy atom. The zero-order chi connectivity index (χ0) is 45.4. The molecule has 0 amide bonds. The molecule has 0 bridgehead atoms. The van der Waals surface area contributed by atoms with Gasteiger partial charge < -0.3 is 9.13 Å². The second-order valence-corrected chi connectivity index (χ2v) is 17.5. The summed E-state index contributed by atoms with van der Waals surface area (Å²) in [7, 11) is 0. The molecule has 0 N–H and O–H groups in total. The third-order valence-electron chi connectivity index (χ3n) is 13.6. The minimum absolute atomic E-state index is 0.536. The molecule has 7 heteroatoms. The Balaban J connectivity index is 0.901. The predicted octanol–water partition coefficient (Wildman–Crippen LogP) is 15.2. The average molecular weight is 882 g/mol. The van der Waals surface area contributed by atoms with Crippen molar-refractivity contribution in [2.45, 2.75) is 0 Å². The Morgan fingerprint density at radius 1 is 0.261 bits per heavy atom. The number of fused-ring (bicyclic) bond motifs is 9. The van der Waals surface area contributed by atoms with Crippen molar-refractivity contribution in [3.8, 4) is 62.4 Å². The van der Waals surface area contributed by atoms with Gasteiger partial charge in [-0.2, -0.15) is 9.97 Å². The van der Waals surface area contributed by atoms with Crippen molar-refractivity contribution in [2.75, 3.05) is 0 Å². The van der Waals surface area contributed by atoms with Gasteiger partial charge in [0, 0.05) is 67.2 Å². The smallest absolute Gasteiger partial charge is 0.238 e. The summed E-state index contributed by atoms with van der Waals surface area (Å²) in [6.07, 6.45) is 3.75. The summed E-state index contributed by atoms with van der Waals surface area (Å²) in [6.45, 7) is 0. The largest absolute Gasteiger partial charge is 0.309 e. The lowest BCUT2D eigenvalue weighted by Gasteiger charge is -2.13. The topological polar surface area (TPSA) is 66.3 Å². The molecule has 14 aromatic rings. The third-order valence-corrected chi connectivity index (χ3v) is 13.6. The van der Waals surface area contributed by atoms with Crippen LogP contribution in [0.3, 0.4) is 0 Å². The van der Waals surface area contributed by atoms with Gasteiger partial charge >= 0.3 is 0 Å². The van der Waals surface area contributed by atoms with E-state index < -0.39 is 0 Å². The molecule has 69 heavy (non-hydrogen) atoms. The number of rotatable bonds is 7. The van der Waals surface area contributed by atoms with Crippen LogP contribution < -0.4 is 0 Å². The van der Waals surface area contributed by atoms with Crippen LogP contribution in [0.5, 0.6) is 0 Å². The molecule has 0 saturated carbocycles. The number of hydrogen-bond acceptors (Lipinski definition) is 4. The van der Waals surface area contributed by atoms with E-state index in [9.17, 15) is 0 Å². The Bertz CT molecular complexity index is 4010. The molecular formula is C62H39N7. The fourth-order valence-corrected chi connectivity index (χ4v) is 10.4.